The van der Waals surface area contributed by atoms with Gasteiger partial charge in [0.1, 0.15) is 5.69 Å². The molecule has 4 aromatic rings. The zero-order chi connectivity index (χ0) is 20.2. The van der Waals surface area contributed by atoms with Crippen molar-refractivity contribution in [2.75, 3.05) is 5.32 Å². The Balaban J connectivity index is 1.33. The summed E-state index contributed by atoms with van der Waals surface area (Å²) in [5.41, 5.74) is 5.80. The van der Waals surface area contributed by atoms with Crippen LogP contribution < -0.4 is 5.32 Å². The Kier molecular flexibility index (Phi) is 5.48. The molecule has 0 atom stereocenters. The topological polar surface area (TPSA) is 72.7 Å². The molecule has 0 saturated heterocycles. The maximum absolute atomic E-state index is 12.3. The zero-order valence-corrected chi connectivity index (χ0v) is 17.1. The number of aryl methyl sites for hydroxylation is 3. The number of nitrogens with zero attached hydrogens (tertiary/aromatic N) is 4. The summed E-state index contributed by atoms with van der Waals surface area (Å²) in [6.45, 7) is 4.02. The van der Waals surface area contributed by atoms with Gasteiger partial charge < -0.3 is 5.32 Å². The number of rotatable bonds is 6. The van der Waals surface area contributed by atoms with Crippen molar-refractivity contribution in [1.82, 2.24) is 19.7 Å². The van der Waals surface area contributed by atoms with Gasteiger partial charge in [0.25, 0.3) is 0 Å². The minimum atomic E-state index is -0.0467. The highest BCUT2D eigenvalue weighted by molar-refractivity contribution is 7.14. The first-order valence-corrected chi connectivity index (χ1v) is 10.3. The van der Waals surface area contributed by atoms with E-state index in [1.807, 2.05) is 66.4 Å². The molecule has 1 aromatic carbocycles. The molecule has 4 rings (SSSR count). The summed E-state index contributed by atoms with van der Waals surface area (Å²) >= 11 is 1.40. The van der Waals surface area contributed by atoms with E-state index in [1.165, 1.54) is 11.3 Å². The van der Waals surface area contributed by atoms with Crippen molar-refractivity contribution in [1.29, 1.82) is 0 Å². The van der Waals surface area contributed by atoms with E-state index in [2.05, 4.69) is 26.4 Å². The molecule has 0 aliphatic carbocycles. The maximum atomic E-state index is 12.3. The lowest BCUT2D eigenvalue weighted by molar-refractivity contribution is -0.116. The van der Waals surface area contributed by atoms with Crippen LogP contribution in [0.1, 0.15) is 23.4 Å². The SMILES string of the molecule is Cc1cc(C)n(-c2ccc(CCC(=O)Nc3nc(-c4ccccn4)cs3)cc2)n1. The van der Waals surface area contributed by atoms with E-state index in [0.29, 0.717) is 18.0 Å². The number of pyridine rings is 1. The lowest BCUT2D eigenvalue weighted by Crippen LogP contribution is -2.12. The molecule has 0 fully saturated rings. The molecule has 0 unspecified atom stereocenters. The summed E-state index contributed by atoms with van der Waals surface area (Å²) in [7, 11) is 0. The lowest BCUT2D eigenvalue weighted by atomic mass is 10.1. The van der Waals surface area contributed by atoms with E-state index in [-0.39, 0.29) is 5.91 Å². The summed E-state index contributed by atoms with van der Waals surface area (Å²) in [6, 6.07) is 15.9. The van der Waals surface area contributed by atoms with Crippen LogP contribution in [0.3, 0.4) is 0 Å². The zero-order valence-electron chi connectivity index (χ0n) is 16.3. The first kappa shape index (κ1) is 19.0. The molecule has 3 aromatic heterocycles. The van der Waals surface area contributed by atoms with Crippen LogP contribution in [0, 0.1) is 13.8 Å². The smallest absolute Gasteiger partial charge is 0.226 e. The van der Waals surface area contributed by atoms with Gasteiger partial charge >= 0.3 is 0 Å². The highest BCUT2D eigenvalue weighted by Crippen LogP contribution is 2.23. The molecule has 0 aliphatic heterocycles. The monoisotopic (exact) mass is 403 g/mol. The quantitative estimate of drug-likeness (QED) is 0.511. The number of thiazole rings is 1. The molecule has 146 valence electrons. The van der Waals surface area contributed by atoms with Gasteiger partial charge in [-0.05, 0) is 56.2 Å². The molecule has 1 amide bonds. The van der Waals surface area contributed by atoms with Gasteiger partial charge in [-0.1, -0.05) is 18.2 Å². The number of carbonyl (C=O) groups excluding carboxylic acids is 1. The van der Waals surface area contributed by atoms with E-state index >= 15 is 0 Å². The second-order valence-electron chi connectivity index (χ2n) is 6.81. The molecule has 1 N–H and O–H groups in total. The Labute approximate surface area is 173 Å². The minimum absolute atomic E-state index is 0.0467. The van der Waals surface area contributed by atoms with Gasteiger partial charge in [0, 0.05) is 23.7 Å². The Bertz CT molecular complexity index is 1120. The third-order valence-electron chi connectivity index (χ3n) is 4.51. The van der Waals surface area contributed by atoms with E-state index in [1.54, 1.807) is 6.20 Å². The molecular weight excluding hydrogens is 382 g/mol. The first-order chi connectivity index (χ1) is 14.1. The molecule has 29 heavy (non-hydrogen) atoms. The average Bonchev–Trinajstić information content (AvgIpc) is 3.33. The highest BCUT2D eigenvalue weighted by Gasteiger charge is 2.09. The van der Waals surface area contributed by atoms with Crippen molar-refractivity contribution >= 4 is 22.4 Å². The van der Waals surface area contributed by atoms with Crippen LogP contribution in [0.25, 0.3) is 17.1 Å². The third kappa shape index (κ3) is 4.57. The van der Waals surface area contributed by atoms with Crippen LogP contribution in [0.5, 0.6) is 0 Å². The van der Waals surface area contributed by atoms with E-state index in [9.17, 15) is 4.79 Å². The van der Waals surface area contributed by atoms with Gasteiger partial charge in [-0.25, -0.2) is 9.67 Å². The molecule has 0 bridgehead atoms. The van der Waals surface area contributed by atoms with Crippen molar-refractivity contribution in [2.24, 2.45) is 0 Å². The molecular formula is C22H21N5OS. The van der Waals surface area contributed by atoms with Crippen LogP contribution in [-0.4, -0.2) is 25.7 Å². The van der Waals surface area contributed by atoms with Gasteiger partial charge in [0.2, 0.25) is 5.91 Å². The standard InChI is InChI=1S/C22H21N5OS/c1-15-13-16(2)27(26-15)18-9-6-17(7-10-18)8-11-21(28)25-22-24-20(14-29-22)19-5-3-4-12-23-19/h3-7,9-10,12-14H,8,11H2,1-2H3,(H,24,25,28). The highest BCUT2D eigenvalue weighted by atomic mass is 32.1. The lowest BCUT2D eigenvalue weighted by Gasteiger charge is -2.06. The molecule has 3 heterocycles. The summed E-state index contributed by atoms with van der Waals surface area (Å²) < 4.78 is 1.92. The van der Waals surface area contributed by atoms with E-state index < -0.39 is 0 Å². The summed E-state index contributed by atoms with van der Waals surface area (Å²) in [5, 5.41) is 9.87. The molecule has 6 nitrogen and oxygen atoms in total. The van der Waals surface area contributed by atoms with Gasteiger partial charge in [0.15, 0.2) is 5.13 Å². The summed E-state index contributed by atoms with van der Waals surface area (Å²) in [4.78, 5) is 21.0. The van der Waals surface area contributed by atoms with Crippen LogP contribution in [-0.2, 0) is 11.2 Å². The summed E-state index contributed by atoms with van der Waals surface area (Å²) in [6.07, 6.45) is 2.80. The second kappa shape index (κ2) is 8.36. The van der Waals surface area contributed by atoms with Crippen molar-refractivity contribution in [2.45, 2.75) is 26.7 Å². The molecule has 0 radical (unpaired) electrons. The number of hydrogen-bond donors (Lipinski definition) is 1. The Morgan fingerprint density at radius 2 is 1.93 bits per heavy atom. The van der Waals surface area contributed by atoms with Crippen LogP contribution in [0.2, 0.25) is 0 Å². The van der Waals surface area contributed by atoms with Crippen molar-refractivity contribution in [3.05, 3.63) is 77.1 Å². The van der Waals surface area contributed by atoms with Crippen LogP contribution >= 0.6 is 11.3 Å². The normalized spacial score (nSPS) is 10.8. The number of carbonyl (C=O) groups is 1. The second-order valence-corrected chi connectivity index (χ2v) is 7.66. The third-order valence-corrected chi connectivity index (χ3v) is 5.27. The molecule has 7 heteroatoms. The number of anilines is 1. The maximum Gasteiger partial charge on any atom is 0.226 e. The predicted molar refractivity (Wildman–Crippen MR) is 115 cm³/mol. The average molecular weight is 404 g/mol. The van der Waals surface area contributed by atoms with Crippen molar-refractivity contribution < 1.29 is 4.79 Å². The van der Waals surface area contributed by atoms with Crippen LogP contribution in [0.15, 0.2) is 60.1 Å². The molecule has 0 saturated carbocycles. The van der Waals surface area contributed by atoms with Crippen molar-refractivity contribution in [3.63, 3.8) is 0 Å². The largest absolute Gasteiger partial charge is 0.302 e. The van der Waals surface area contributed by atoms with E-state index in [0.717, 1.165) is 34.0 Å². The Morgan fingerprint density at radius 3 is 2.62 bits per heavy atom. The van der Waals surface area contributed by atoms with Gasteiger partial charge in [-0.3, -0.25) is 9.78 Å². The fourth-order valence-corrected chi connectivity index (χ4v) is 3.82. The minimum Gasteiger partial charge on any atom is -0.302 e. The van der Waals surface area contributed by atoms with Crippen LogP contribution in [0.4, 0.5) is 5.13 Å². The summed E-state index contributed by atoms with van der Waals surface area (Å²) in [5.74, 6) is -0.0467. The number of aromatic nitrogens is 4. The van der Waals surface area contributed by atoms with Gasteiger partial charge in [0.05, 0.1) is 17.1 Å². The Morgan fingerprint density at radius 1 is 1.10 bits per heavy atom. The predicted octanol–water partition coefficient (Wildman–Crippen LogP) is 4.58. The van der Waals surface area contributed by atoms with E-state index in [4.69, 9.17) is 0 Å². The fraction of sp³-hybridized carbons (Fsp3) is 0.182. The molecule has 0 spiro atoms. The first-order valence-electron chi connectivity index (χ1n) is 9.38. The molecule has 0 aliphatic rings. The Hall–Kier alpha value is -3.32. The number of nitrogens with one attached hydrogen (secondary N) is 1. The number of hydrogen-bond acceptors (Lipinski definition) is 5. The van der Waals surface area contributed by atoms with Crippen molar-refractivity contribution in [3.8, 4) is 17.1 Å². The fourth-order valence-electron chi connectivity index (χ4n) is 3.10. The van der Waals surface area contributed by atoms with Gasteiger partial charge in [-0.2, -0.15) is 5.10 Å². The number of benzene rings is 1. The van der Waals surface area contributed by atoms with Gasteiger partial charge in [-0.15, -0.1) is 11.3 Å². The number of amides is 1.